The van der Waals surface area contributed by atoms with Crippen LogP contribution >= 0.6 is 23.2 Å². The van der Waals surface area contributed by atoms with Gasteiger partial charge in [-0.1, -0.05) is 53.9 Å². The molecule has 0 saturated heterocycles. The number of ether oxygens (including phenoxy) is 1. The van der Waals surface area contributed by atoms with Crippen molar-refractivity contribution in [3.8, 4) is 5.75 Å². The first kappa shape index (κ1) is 25.0. The molecule has 0 bridgehead atoms. The first-order valence-electron chi connectivity index (χ1n) is 10.4. The lowest BCUT2D eigenvalue weighted by Gasteiger charge is -2.30. The summed E-state index contributed by atoms with van der Waals surface area (Å²) in [5.74, 6) is 0.0616. The molecule has 0 spiro atoms. The Morgan fingerprint density at radius 1 is 1.10 bits per heavy atom. The molecule has 2 aromatic rings. The summed E-state index contributed by atoms with van der Waals surface area (Å²) in [4.78, 5) is 27.4. The fourth-order valence-corrected chi connectivity index (χ4v) is 3.60. The highest BCUT2D eigenvalue weighted by molar-refractivity contribution is 6.36. The summed E-state index contributed by atoms with van der Waals surface area (Å²) in [6.07, 6.45) is 0.790. The minimum atomic E-state index is -0.725. The van der Waals surface area contributed by atoms with Crippen LogP contribution in [-0.4, -0.2) is 35.4 Å². The molecule has 5 nitrogen and oxygen atoms in total. The van der Waals surface area contributed by atoms with Gasteiger partial charge < -0.3 is 15.0 Å². The first-order chi connectivity index (χ1) is 14.6. The Morgan fingerprint density at radius 3 is 2.32 bits per heavy atom. The van der Waals surface area contributed by atoms with Crippen LogP contribution in [0.5, 0.6) is 5.75 Å². The number of halogens is 2. The molecule has 2 aromatic carbocycles. The second kappa shape index (κ2) is 11.4. The van der Waals surface area contributed by atoms with E-state index in [-0.39, 0.29) is 31.0 Å². The molecule has 0 aliphatic rings. The van der Waals surface area contributed by atoms with Crippen molar-refractivity contribution in [3.63, 3.8) is 0 Å². The van der Waals surface area contributed by atoms with Crippen molar-refractivity contribution in [2.45, 2.75) is 59.7 Å². The Bertz CT molecular complexity index is 913. The van der Waals surface area contributed by atoms with E-state index >= 15 is 0 Å². The number of benzene rings is 2. The number of hydrogen-bond acceptors (Lipinski definition) is 3. The minimum absolute atomic E-state index is 0.00209. The Labute approximate surface area is 194 Å². The first-order valence-corrected chi connectivity index (χ1v) is 11.1. The number of nitrogens with zero attached hydrogens (tertiary/aromatic N) is 1. The summed E-state index contributed by atoms with van der Waals surface area (Å²) in [5, 5.41) is 3.81. The molecule has 0 aliphatic heterocycles. The molecule has 0 fully saturated rings. The van der Waals surface area contributed by atoms with Crippen LogP contribution in [0.25, 0.3) is 0 Å². The molecule has 1 N–H and O–H groups in total. The third-order valence-corrected chi connectivity index (χ3v) is 5.95. The highest BCUT2D eigenvalue weighted by Gasteiger charge is 2.28. The van der Waals surface area contributed by atoms with Crippen molar-refractivity contribution in [3.05, 3.63) is 63.1 Å². The van der Waals surface area contributed by atoms with Crippen molar-refractivity contribution >= 4 is 35.0 Å². The van der Waals surface area contributed by atoms with Crippen LogP contribution in [-0.2, 0) is 16.1 Å². The molecule has 7 heteroatoms. The van der Waals surface area contributed by atoms with Gasteiger partial charge in [-0.15, -0.1) is 0 Å². The predicted molar refractivity (Wildman–Crippen MR) is 126 cm³/mol. The van der Waals surface area contributed by atoms with Crippen LogP contribution in [0.3, 0.4) is 0 Å². The number of carbonyl (C=O) groups excluding carboxylic acids is 2. The van der Waals surface area contributed by atoms with Crippen molar-refractivity contribution in [2.75, 3.05) is 6.61 Å². The minimum Gasteiger partial charge on any atom is -0.483 e. The Kier molecular flexibility index (Phi) is 9.20. The van der Waals surface area contributed by atoms with Crippen molar-refractivity contribution in [1.82, 2.24) is 10.2 Å². The topological polar surface area (TPSA) is 58.6 Å². The lowest BCUT2D eigenvalue weighted by Crippen LogP contribution is -2.50. The van der Waals surface area contributed by atoms with Gasteiger partial charge in [-0.3, -0.25) is 9.59 Å². The molecule has 0 saturated carbocycles. The highest BCUT2D eigenvalue weighted by atomic mass is 35.5. The average molecular weight is 465 g/mol. The molecule has 0 aromatic heterocycles. The van der Waals surface area contributed by atoms with E-state index < -0.39 is 6.04 Å². The zero-order chi connectivity index (χ0) is 23.1. The summed E-state index contributed by atoms with van der Waals surface area (Å²) in [5.41, 5.74) is 2.64. The Balaban J connectivity index is 2.24. The number of aryl methyl sites for hydroxylation is 2. The van der Waals surface area contributed by atoms with E-state index in [1.807, 2.05) is 45.9 Å². The molecular weight excluding hydrogens is 435 g/mol. The van der Waals surface area contributed by atoms with Gasteiger partial charge in [0.05, 0.1) is 0 Å². The number of rotatable bonds is 9. The molecule has 0 unspecified atom stereocenters. The molecule has 2 amide bonds. The van der Waals surface area contributed by atoms with Crippen LogP contribution in [0.15, 0.2) is 36.4 Å². The van der Waals surface area contributed by atoms with Gasteiger partial charge >= 0.3 is 0 Å². The highest BCUT2D eigenvalue weighted by Crippen LogP contribution is 2.27. The van der Waals surface area contributed by atoms with E-state index in [9.17, 15) is 9.59 Å². The van der Waals surface area contributed by atoms with Crippen molar-refractivity contribution in [1.29, 1.82) is 0 Å². The monoisotopic (exact) mass is 464 g/mol. The fourth-order valence-electron chi connectivity index (χ4n) is 3.09. The standard InChI is InChI=1S/C24H30Cl2N2O3/c1-6-17(4)27-24(30)18(5)28(13-19-20(25)8-7-9-21(19)26)23(29)14-31-22-11-10-15(2)12-16(22)3/h7-12,17-18H,6,13-14H2,1-5H3,(H,27,30)/t17-,18+/m1/s1. The van der Waals surface area contributed by atoms with Gasteiger partial charge in [-0.25, -0.2) is 0 Å². The molecule has 168 valence electrons. The lowest BCUT2D eigenvalue weighted by molar-refractivity contribution is -0.142. The maximum absolute atomic E-state index is 13.2. The maximum Gasteiger partial charge on any atom is 0.261 e. The molecule has 0 aliphatic carbocycles. The largest absolute Gasteiger partial charge is 0.483 e. The smallest absolute Gasteiger partial charge is 0.261 e. The molecule has 2 rings (SSSR count). The van der Waals surface area contributed by atoms with Gasteiger partial charge in [0.2, 0.25) is 5.91 Å². The number of carbonyl (C=O) groups is 2. The second-order valence-corrected chi connectivity index (χ2v) is 8.59. The average Bonchev–Trinajstić information content (AvgIpc) is 2.72. The Morgan fingerprint density at radius 2 is 1.74 bits per heavy atom. The quantitative estimate of drug-likeness (QED) is 0.545. The van der Waals surface area contributed by atoms with E-state index in [0.29, 0.717) is 21.4 Å². The molecule has 2 atom stereocenters. The molecule has 0 heterocycles. The summed E-state index contributed by atoms with van der Waals surface area (Å²) in [6.45, 7) is 9.42. The van der Waals surface area contributed by atoms with Crippen LogP contribution in [0.4, 0.5) is 0 Å². The molecule has 0 radical (unpaired) electrons. The lowest BCUT2D eigenvalue weighted by atomic mass is 10.1. The van der Waals surface area contributed by atoms with Crippen LogP contribution < -0.4 is 10.1 Å². The van der Waals surface area contributed by atoms with Crippen LogP contribution in [0.1, 0.15) is 43.9 Å². The summed E-state index contributed by atoms with van der Waals surface area (Å²) in [7, 11) is 0. The van der Waals surface area contributed by atoms with Gasteiger partial charge in [0.1, 0.15) is 11.8 Å². The summed E-state index contributed by atoms with van der Waals surface area (Å²) < 4.78 is 5.78. The van der Waals surface area contributed by atoms with Gasteiger partial charge in [0, 0.05) is 28.2 Å². The number of nitrogens with one attached hydrogen (secondary N) is 1. The van der Waals surface area contributed by atoms with E-state index in [4.69, 9.17) is 27.9 Å². The fraction of sp³-hybridized carbons (Fsp3) is 0.417. The molecule has 31 heavy (non-hydrogen) atoms. The van der Waals surface area contributed by atoms with Crippen LogP contribution in [0.2, 0.25) is 10.0 Å². The van der Waals surface area contributed by atoms with Gasteiger partial charge in [-0.2, -0.15) is 0 Å². The van der Waals surface area contributed by atoms with Gasteiger partial charge in [-0.05, 0) is 57.9 Å². The SMILES string of the molecule is CC[C@@H](C)NC(=O)[C@H](C)N(Cc1c(Cl)cccc1Cl)C(=O)COc1ccc(C)cc1C. The van der Waals surface area contributed by atoms with E-state index in [1.165, 1.54) is 4.90 Å². The van der Waals surface area contributed by atoms with E-state index in [1.54, 1.807) is 25.1 Å². The number of hydrogen-bond donors (Lipinski definition) is 1. The van der Waals surface area contributed by atoms with Crippen molar-refractivity contribution < 1.29 is 14.3 Å². The molecular formula is C24H30Cl2N2O3. The second-order valence-electron chi connectivity index (χ2n) is 7.77. The number of amides is 2. The summed E-state index contributed by atoms with van der Waals surface area (Å²) >= 11 is 12.6. The van der Waals surface area contributed by atoms with Crippen LogP contribution in [0, 0.1) is 13.8 Å². The van der Waals surface area contributed by atoms with Crippen molar-refractivity contribution in [2.24, 2.45) is 0 Å². The summed E-state index contributed by atoms with van der Waals surface area (Å²) in [6, 6.07) is 10.2. The maximum atomic E-state index is 13.2. The normalized spacial score (nSPS) is 12.7. The van der Waals surface area contributed by atoms with Gasteiger partial charge in [0.25, 0.3) is 5.91 Å². The third-order valence-electron chi connectivity index (χ3n) is 5.24. The zero-order valence-electron chi connectivity index (χ0n) is 18.7. The Hall–Kier alpha value is -2.24. The van der Waals surface area contributed by atoms with E-state index in [2.05, 4.69) is 5.32 Å². The predicted octanol–water partition coefficient (Wildman–Crippen LogP) is 5.32. The third kappa shape index (κ3) is 6.88. The van der Waals surface area contributed by atoms with E-state index in [0.717, 1.165) is 17.5 Å². The van der Waals surface area contributed by atoms with Gasteiger partial charge in [0.15, 0.2) is 6.61 Å². The zero-order valence-corrected chi connectivity index (χ0v) is 20.2.